The second kappa shape index (κ2) is 6.46. The van der Waals surface area contributed by atoms with Crippen LogP contribution in [-0.4, -0.2) is 42.1 Å². The standard InChI is InChI=1S/C15H21ClN4S/c1-20(2)9-5-8-17-15-18-13(16)12-10-6-3-4-7-11(10)21-14(12)19-15/h3-9H2,1-2H3,(H,17,18,19). The Bertz CT molecular complexity index is 638. The van der Waals surface area contributed by atoms with Crippen LogP contribution in [-0.2, 0) is 12.8 Å². The highest BCUT2D eigenvalue weighted by atomic mass is 35.5. The third kappa shape index (κ3) is 3.30. The minimum atomic E-state index is 0.606. The predicted molar refractivity (Wildman–Crippen MR) is 90.7 cm³/mol. The minimum Gasteiger partial charge on any atom is -0.354 e. The van der Waals surface area contributed by atoms with E-state index < -0.39 is 0 Å². The minimum absolute atomic E-state index is 0.606. The van der Waals surface area contributed by atoms with Crippen molar-refractivity contribution in [3.63, 3.8) is 0 Å². The topological polar surface area (TPSA) is 41.0 Å². The van der Waals surface area contributed by atoms with Crippen LogP contribution in [0.2, 0.25) is 5.15 Å². The first-order valence-corrected chi connectivity index (χ1v) is 8.71. The average molecular weight is 325 g/mol. The van der Waals surface area contributed by atoms with Gasteiger partial charge in [0.25, 0.3) is 0 Å². The summed E-state index contributed by atoms with van der Waals surface area (Å²) in [7, 11) is 4.16. The van der Waals surface area contributed by atoms with Gasteiger partial charge in [-0.1, -0.05) is 11.6 Å². The van der Waals surface area contributed by atoms with Crippen LogP contribution in [0.1, 0.15) is 29.7 Å². The molecule has 0 amide bonds. The summed E-state index contributed by atoms with van der Waals surface area (Å²) in [6.07, 6.45) is 5.87. The fraction of sp³-hybridized carbons (Fsp3) is 0.600. The molecule has 3 rings (SSSR count). The lowest BCUT2D eigenvalue weighted by Crippen LogP contribution is -2.17. The number of rotatable bonds is 5. The molecule has 1 aliphatic rings. The number of hydrogen-bond acceptors (Lipinski definition) is 5. The highest BCUT2D eigenvalue weighted by Gasteiger charge is 2.20. The molecule has 0 aromatic carbocycles. The van der Waals surface area contributed by atoms with Gasteiger partial charge in [-0.3, -0.25) is 0 Å². The van der Waals surface area contributed by atoms with Crippen LogP contribution in [0, 0.1) is 0 Å². The van der Waals surface area contributed by atoms with Crippen molar-refractivity contribution in [2.45, 2.75) is 32.1 Å². The smallest absolute Gasteiger partial charge is 0.225 e. The Morgan fingerprint density at radius 3 is 2.86 bits per heavy atom. The molecular formula is C15H21ClN4S. The molecule has 0 spiro atoms. The van der Waals surface area contributed by atoms with Gasteiger partial charge in [0.1, 0.15) is 9.98 Å². The van der Waals surface area contributed by atoms with Gasteiger partial charge in [-0.2, -0.15) is 0 Å². The number of aryl methyl sites for hydroxylation is 2. The molecule has 21 heavy (non-hydrogen) atoms. The van der Waals surface area contributed by atoms with Gasteiger partial charge < -0.3 is 10.2 Å². The fourth-order valence-electron chi connectivity index (χ4n) is 2.79. The molecule has 2 aromatic heterocycles. The van der Waals surface area contributed by atoms with E-state index >= 15 is 0 Å². The maximum atomic E-state index is 6.41. The van der Waals surface area contributed by atoms with E-state index in [2.05, 4.69) is 34.3 Å². The summed E-state index contributed by atoms with van der Waals surface area (Å²) >= 11 is 8.20. The number of nitrogens with one attached hydrogen (secondary N) is 1. The lowest BCUT2D eigenvalue weighted by atomic mass is 9.97. The van der Waals surface area contributed by atoms with Crippen molar-refractivity contribution in [2.24, 2.45) is 0 Å². The molecule has 0 radical (unpaired) electrons. The van der Waals surface area contributed by atoms with Crippen LogP contribution < -0.4 is 5.32 Å². The van der Waals surface area contributed by atoms with E-state index in [1.807, 2.05) is 0 Å². The largest absolute Gasteiger partial charge is 0.354 e. The molecule has 0 fully saturated rings. The summed E-state index contributed by atoms with van der Waals surface area (Å²) in [4.78, 5) is 13.8. The molecule has 0 aliphatic heterocycles. The molecule has 0 bridgehead atoms. The number of fused-ring (bicyclic) bond motifs is 3. The van der Waals surface area contributed by atoms with Gasteiger partial charge in [0.2, 0.25) is 5.95 Å². The molecule has 0 unspecified atom stereocenters. The molecule has 1 aliphatic carbocycles. The highest BCUT2D eigenvalue weighted by Crippen LogP contribution is 2.38. The first-order valence-electron chi connectivity index (χ1n) is 7.51. The summed E-state index contributed by atoms with van der Waals surface area (Å²) in [5, 5.41) is 4.99. The lowest BCUT2D eigenvalue weighted by Gasteiger charge is -2.11. The Hall–Kier alpha value is -0.910. The first-order chi connectivity index (χ1) is 10.1. The maximum Gasteiger partial charge on any atom is 0.225 e. The van der Waals surface area contributed by atoms with Gasteiger partial charge in [0, 0.05) is 11.4 Å². The fourth-order valence-corrected chi connectivity index (χ4v) is 4.39. The zero-order chi connectivity index (χ0) is 14.8. The Kier molecular flexibility index (Phi) is 4.62. The van der Waals surface area contributed by atoms with E-state index in [4.69, 9.17) is 11.6 Å². The third-order valence-corrected chi connectivity index (χ3v) is 5.29. The molecule has 0 atom stereocenters. The monoisotopic (exact) mass is 324 g/mol. The molecule has 6 heteroatoms. The molecule has 1 N–H and O–H groups in total. The zero-order valence-corrected chi connectivity index (χ0v) is 14.2. The summed E-state index contributed by atoms with van der Waals surface area (Å²) in [5.74, 6) is 0.657. The Labute approximate surface area is 134 Å². The van der Waals surface area contributed by atoms with Crippen molar-refractivity contribution in [1.82, 2.24) is 14.9 Å². The normalized spacial score (nSPS) is 14.7. The Balaban J connectivity index is 1.79. The van der Waals surface area contributed by atoms with Crippen molar-refractivity contribution < 1.29 is 0 Å². The Morgan fingerprint density at radius 2 is 2.05 bits per heavy atom. The van der Waals surface area contributed by atoms with Gasteiger partial charge in [0.05, 0.1) is 5.39 Å². The van der Waals surface area contributed by atoms with Crippen molar-refractivity contribution in [2.75, 3.05) is 32.5 Å². The van der Waals surface area contributed by atoms with Crippen LogP contribution in [0.15, 0.2) is 0 Å². The number of anilines is 1. The van der Waals surface area contributed by atoms with Crippen LogP contribution in [0.4, 0.5) is 5.95 Å². The predicted octanol–water partition coefficient (Wildman–Crippen LogP) is 3.59. The van der Waals surface area contributed by atoms with E-state index in [9.17, 15) is 0 Å². The Morgan fingerprint density at radius 1 is 1.24 bits per heavy atom. The molecule has 0 saturated carbocycles. The van der Waals surface area contributed by atoms with Gasteiger partial charge in [-0.25, -0.2) is 9.97 Å². The summed E-state index contributed by atoms with van der Waals surface area (Å²) in [5.41, 5.74) is 1.39. The quantitative estimate of drug-likeness (QED) is 0.674. The first kappa shape index (κ1) is 15.0. The summed E-state index contributed by atoms with van der Waals surface area (Å²) in [6, 6.07) is 0. The number of aromatic nitrogens is 2. The summed E-state index contributed by atoms with van der Waals surface area (Å²) < 4.78 is 0. The van der Waals surface area contributed by atoms with Gasteiger partial charge in [0.15, 0.2) is 0 Å². The zero-order valence-electron chi connectivity index (χ0n) is 12.6. The van der Waals surface area contributed by atoms with Crippen LogP contribution in [0.3, 0.4) is 0 Å². The van der Waals surface area contributed by atoms with Crippen molar-refractivity contribution in [3.8, 4) is 0 Å². The highest BCUT2D eigenvalue weighted by molar-refractivity contribution is 7.19. The van der Waals surface area contributed by atoms with Crippen LogP contribution in [0.5, 0.6) is 0 Å². The van der Waals surface area contributed by atoms with Crippen LogP contribution in [0.25, 0.3) is 10.2 Å². The van der Waals surface area contributed by atoms with Gasteiger partial charge >= 0.3 is 0 Å². The van der Waals surface area contributed by atoms with Crippen LogP contribution >= 0.6 is 22.9 Å². The number of thiophene rings is 1. The molecule has 2 heterocycles. The van der Waals surface area contributed by atoms with Crippen molar-refractivity contribution >= 4 is 39.1 Å². The van der Waals surface area contributed by atoms with E-state index in [-0.39, 0.29) is 0 Å². The van der Waals surface area contributed by atoms with E-state index in [0.717, 1.165) is 42.6 Å². The SMILES string of the molecule is CN(C)CCCNc1nc(Cl)c2c3c(sc2n1)CCCC3. The summed E-state index contributed by atoms with van der Waals surface area (Å²) in [6.45, 7) is 1.92. The van der Waals surface area contributed by atoms with E-state index in [0.29, 0.717) is 11.1 Å². The molecule has 0 saturated heterocycles. The second-order valence-electron chi connectivity index (χ2n) is 5.81. The van der Waals surface area contributed by atoms with Crippen molar-refractivity contribution in [1.29, 1.82) is 0 Å². The van der Waals surface area contributed by atoms with Gasteiger partial charge in [-0.05, 0) is 58.3 Å². The number of nitrogens with zero attached hydrogens (tertiary/aromatic N) is 3. The van der Waals surface area contributed by atoms with E-state index in [1.54, 1.807) is 11.3 Å². The van der Waals surface area contributed by atoms with Crippen molar-refractivity contribution in [3.05, 3.63) is 15.6 Å². The second-order valence-corrected chi connectivity index (χ2v) is 7.25. The molecular weight excluding hydrogens is 304 g/mol. The number of halogens is 1. The molecule has 4 nitrogen and oxygen atoms in total. The molecule has 114 valence electrons. The number of hydrogen-bond donors (Lipinski definition) is 1. The average Bonchev–Trinajstić information content (AvgIpc) is 2.82. The lowest BCUT2D eigenvalue weighted by molar-refractivity contribution is 0.405. The maximum absolute atomic E-state index is 6.41. The van der Waals surface area contributed by atoms with E-state index in [1.165, 1.54) is 23.3 Å². The molecule has 2 aromatic rings. The third-order valence-electron chi connectivity index (χ3n) is 3.84. The van der Waals surface area contributed by atoms with Gasteiger partial charge in [-0.15, -0.1) is 11.3 Å².